The highest BCUT2D eigenvalue weighted by molar-refractivity contribution is 6.34. The standard InChI is InChI=1S/C11H13Cl2N3O/c1-6-4-8(12)15-10(13)9(6)16-11(17)7-2-3-14-5-7/h4,7,14H,2-3,5H2,1H3,(H,16,17). The third-order valence-corrected chi connectivity index (χ3v) is 3.29. The third kappa shape index (κ3) is 2.89. The van der Waals surface area contributed by atoms with E-state index >= 15 is 0 Å². The zero-order valence-corrected chi connectivity index (χ0v) is 10.9. The van der Waals surface area contributed by atoms with Gasteiger partial charge in [0.05, 0.1) is 11.6 Å². The number of nitrogens with one attached hydrogen (secondary N) is 2. The molecule has 1 fully saturated rings. The van der Waals surface area contributed by atoms with Crippen molar-refractivity contribution in [1.29, 1.82) is 0 Å². The van der Waals surface area contributed by atoms with Crippen LogP contribution < -0.4 is 10.6 Å². The van der Waals surface area contributed by atoms with Gasteiger partial charge in [-0.15, -0.1) is 0 Å². The summed E-state index contributed by atoms with van der Waals surface area (Å²) in [6.07, 6.45) is 0.851. The number of halogens is 2. The van der Waals surface area contributed by atoms with Crippen LogP contribution in [-0.2, 0) is 4.79 Å². The smallest absolute Gasteiger partial charge is 0.228 e. The van der Waals surface area contributed by atoms with Crippen molar-refractivity contribution in [3.05, 3.63) is 21.9 Å². The molecule has 17 heavy (non-hydrogen) atoms. The van der Waals surface area contributed by atoms with Crippen LogP contribution in [0.1, 0.15) is 12.0 Å². The molecule has 1 atom stereocenters. The summed E-state index contributed by atoms with van der Waals surface area (Å²) in [7, 11) is 0. The number of hydrogen-bond acceptors (Lipinski definition) is 3. The summed E-state index contributed by atoms with van der Waals surface area (Å²) in [5, 5.41) is 6.52. The lowest BCUT2D eigenvalue weighted by Crippen LogP contribution is -2.25. The summed E-state index contributed by atoms with van der Waals surface area (Å²) in [4.78, 5) is 15.8. The fourth-order valence-corrected chi connectivity index (χ4v) is 2.43. The molecule has 1 saturated heterocycles. The van der Waals surface area contributed by atoms with Crippen LogP contribution in [0, 0.1) is 12.8 Å². The first-order valence-electron chi connectivity index (χ1n) is 5.42. The number of aromatic nitrogens is 1. The Morgan fingerprint density at radius 3 is 2.94 bits per heavy atom. The molecule has 1 aliphatic heterocycles. The number of hydrogen-bond donors (Lipinski definition) is 2. The average Bonchev–Trinajstić information content (AvgIpc) is 2.76. The minimum atomic E-state index is -0.0240. The SMILES string of the molecule is Cc1cc(Cl)nc(Cl)c1NC(=O)C1CCNC1. The Labute approximate surface area is 110 Å². The minimum absolute atomic E-state index is 0.00106. The number of nitrogens with zero attached hydrogens (tertiary/aromatic N) is 1. The molecule has 2 heterocycles. The molecule has 1 aromatic rings. The van der Waals surface area contributed by atoms with Crippen molar-refractivity contribution >= 4 is 34.8 Å². The molecule has 1 aromatic heterocycles. The Morgan fingerprint density at radius 2 is 2.35 bits per heavy atom. The topological polar surface area (TPSA) is 54.0 Å². The van der Waals surface area contributed by atoms with E-state index in [-0.39, 0.29) is 17.0 Å². The van der Waals surface area contributed by atoms with Crippen LogP contribution in [-0.4, -0.2) is 24.0 Å². The Kier molecular flexibility index (Phi) is 3.86. The maximum Gasteiger partial charge on any atom is 0.228 e. The van der Waals surface area contributed by atoms with Gasteiger partial charge < -0.3 is 10.6 Å². The zero-order valence-electron chi connectivity index (χ0n) is 9.39. The van der Waals surface area contributed by atoms with Gasteiger partial charge in [-0.3, -0.25) is 4.79 Å². The largest absolute Gasteiger partial charge is 0.323 e. The van der Waals surface area contributed by atoms with E-state index < -0.39 is 0 Å². The van der Waals surface area contributed by atoms with Gasteiger partial charge in [-0.1, -0.05) is 23.2 Å². The lowest BCUT2D eigenvalue weighted by Gasteiger charge is -2.13. The van der Waals surface area contributed by atoms with E-state index in [2.05, 4.69) is 15.6 Å². The predicted molar refractivity (Wildman–Crippen MR) is 68.6 cm³/mol. The van der Waals surface area contributed by atoms with Gasteiger partial charge in [-0.2, -0.15) is 0 Å². The van der Waals surface area contributed by atoms with E-state index in [9.17, 15) is 4.79 Å². The van der Waals surface area contributed by atoms with E-state index in [1.165, 1.54) is 0 Å². The number of rotatable bonds is 2. The van der Waals surface area contributed by atoms with Crippen LogP contribution in [0.5, 0.6) is 0 Å². The molecule has 0 bridgehead atoms. The van der Waals surface area contributed by atoms with Gasteiger partial charge >= 0.3 is 0 Å². The van der Waals surface area contributed by atoms with Crippen LogP contribution >= 0.6 is 23.2 Å². The lowest BCUT2D eigenvalue weighted by molar-refractivity contribution is -0.119. The molecule has 0 aliphatic carbocycles. The molecule has 6 heteroatoms. The first-order valence-corrected chi connectivity index (χ1v) is 6.17. The van der Waals surface area contributed by atoms with E-state index in [0.29, 0.717) is 17.4 Å². The van der Waals surface area contributed by atoms with Gasteiger partial charge in [0.1, 0.15) is 5.15 Å². The summed E-state index contributed by atoms with van der Waals surface area (Å²) in [5.41, 5.74) is 1.36. The van der Waals surface area contributed by atoms with Crippen molar-refractivity contribution in [1.82, 2.24) is 10.3 Å². The van der Waals surface area contributed by atoms with Crippen LogP contribution in [0.4, 0.5) is 5.69 Å². The normalized spacial score (nSPS) is 19.4. The van der Waals surface area contributed by atoms with Crippen LogP contribution in [0.2, 0.25) is 10.3 Å². The summed E-state index contributed by atoms with van der Waals surface area (Å²) < 4.78 is 0. The molecule has 1 unspecified atom stereocenters. The quantitative estimate of drug-likeness (QED) is 0.813. The zero-order chi connectivity index (χ0) is 12.4. The van der Waals surface area contributed by atoms with E-state index in [4.69, 9.17) is 23.2 Å². The second kappa shape index (κ2) is 5.21. The number of carbonyl (C=O) groups is 1. The molecule has 4 nitrogen and oxygen atoms in total. The van der Waals surface area contributed by atoms with Gasteiger partial charge in [0.15, 0.2) is 5.15 Å². The first-order chi connectivity index (χ1) is 8.08. The highest BCUT2D eigenvalue weighted by Crippen LogP contribution is 2.27. The van der Waals surface area contributed by atoms with E-state index in [0.717, 1.165) is 18.5 Å². The molecule has 0 saturated carbocycles. The molecule has 0 aromatic carbocycles. The lowest BCUT2D eigenvalue weighted by atomic mass is 10.1. The maximum atomic E-state index is 11.9. The second-order valence-electron chi connectivity index (χ2n) is 4.11. The van der Waals surface area contributed by atoms with Gasteiger partial charge in [0.2, 0.25) is 5.91 Å². The number of carbonyl (C=O) groups excluding carboxylic acids is 1. The third-order valence-electron chi connectivity index (χ3n) is 2.82. The molecule has 2 N–H and O–H groups in total. The van der Waals surface area contributed by atoms with Crippen molar-refractivity contribution in [2.45, 2.75) is 13.3 Å². The Morgan fingerprint density at radius 1 is 1.59 bits per heavy atom. The van der Waals surface area contributed by atoms with Crippen molar-refractivity contribution in [3.8, 4) is 0 Å². The number of aryl methyl sites for hydroxylation is 1. The van der Waals surface area contributed by atoms with Crippen LogP contribution in [0.25, 0.3) is 0 Å². The number of anilines is 1. The monoisotopic (exact) mass is 273 g/mol. The Bertz CT molecular complexity index is 421. The Balaban J connectivity index is 2.15. The van der Waals surface area contributed by atoms with Crippen molar-refractivity contribution in [3.63, 3.8) is 0 Å². The molecule has 1 aliphatic rings. The van der Waals surface area contributed by atoms with Crippen molar-refractivity contribution in [2.75, 3.05) is 18.4 Å². The van der Waals surface area contributed by atoms with Gasteiger partial charge in [-0.25, -0.2) is 4.98 Å². The van der Waals surface area contributed by atoms with Gasteiger partial charge in [-0.05, 0) is 31.5 Å². The van der Waals surface area contributed by atoms with Crippen LogP contribution in [0.15, 0.2) is 6.07 Å². The highest BCUT2D eigenvalue weighted by Gasteiger charge is 2.23. The van der Waals surface area contributed by atoms with Crippen molar-refractivity contribution < 1.29 is 4.79 Å². The first kappa shape index (κ1) is 12.6. The maximum absolute atomic E-state index is 11.9. The number of pyridine rings is 1. The van der Waals surface area contributed by atoms with Crippen molar-refractivity contribution in [2.24, 2.45) is 5.92 Å². The fourth-order valence-electron chi connectivity index (χ4n) is 1.85. The molecule has 92 valence electrons. The highest BCUT2D eigenvalue weighted by atomic mass is 35.5. The molecule has 0 radical (unpaired) electrons. The average molecular weight is 274 g/mol. The minimum Gasteiger partial charge on any atom is -0.323 e. The van der Waals surface area contributed by atoms with Gasteiger partial charge in [0, 0.05) is 6.54 Å². The van der Waals surface area contributed by atoms with E-state index in [1.807, 2.05) is 6.92 Å². The summed E-state index contributed by atoms with van der Waals surface area (Å²) in [6, 6.07) is 1.68. The predicted octanol–water partition coefficient (Wildman–Crippen LogP) is 2.24. The molecular weight excluding hydrogens is 261 g/mol. The summed E-state index contributed by atoms with van der Waals surface area (Å²) >= 11 is 11.7. The molecule has 0 spiro atoms. The molecule has 1 amide bonds. The van der Waals surface area contributed by atoms with Crippen LogP contribution in [0.3, 0.4) is 0 Å². The Hall–Kier alpha value is -0.840. The fraction of sp³-hybridized carbons (Fsp3) is 0.455. The number of amides is 1. The summed E-state index contributed by atoms with van der Waals surface area (Å²) in [6.45, 7) is 3.43. The summed E-state index contributed by atoms with van der Waals surface area (Å²) in [5.74, 6) is -0.0229. The molecular formula is C11H13Cl2N3O. The second-order valence-corrected chi connectivity index (χ2v) is 4.85. The van der Waals surface area contributed by atoms with E-state index in [1.54, 1.807) is 6.07 Å². The molecule has 2 rings (SSSR count). The van der Waals surface area contributed by atoms with Gasteiger partial charge in [0.25, 0.3) is 0 Å².